The third kappa shape index (κ3) is 5.46. The van der Waals surface area contributed by atoms with Crippen molar-refractivity contribution in [3.8, 4) is 6.07 Å². The highest BCUT2D eigenvalue weighted by molar-refractivity contribution is 8.13. The number of amides is 1. The molecule has 0 heterocycles. The molecule has 1 aromatic rings. The van der Waals surface area contributed by atoms with Crippen molar-refractivity contribution in [1.29, 1.82) is 5.26 Å². The monoisotopic (exact) mass is 316 g/mol. The van der Waals surface area contributed by atoms with Gasteiger partial charge in [-0.05, 0) is 35.5 Å². The quantitative estimate of drug-likeness (QED) is 0.274. The smallest absolute Gasteiger partial charge is 0.349 e. The molecule has 1 rings (SSSR count). The van der Waals surface area contributed by atoms with E-state index in [1.54, 1.807) is 38.4 Å². The molecule has 0 aliphatic heterocycles. The minimum atomic E-state index is -0.704. The van der Waals surface area contributed by atoms with E-state index in [9.17, 15) is 9.59 Å². The van der Waals surface area contributed by atoms with Crippen LogP contribution in [0.15, 0.2) is 47.4 Å². The lowest BCUT2D eigenvalue weighted by atomic mass is 10.1. The standard InChI is InChI=1S/C16H16N2O3S/c1-4-8-21-15(19)13(11-17)9-12-6-5-7-14(10-12)22-16(20)18(2)3/h4-7,9-10H,1,8H2,2-3H3/b13-9-. The summed E-state index contributed by atoms with van der Waals surface area (Å²) in [6, 6.07) is 8.81. The number of ether oxygens (including phenoxy) is 1. The van der Waals surface area contributed by atoms with Gasteiger partial charge < -0.3 is 9.64 Å². The predicted molar refractivity (Wildman–Crippen MR) is 86.1 cm³/mol. The van der Waals surface area contributed by atoms with E-state index in [2.05, 4.69) is 6.58 Å². The summed E-state index contributed by atoms with van der Waals surface area (Å²) in [5.74, 6) is -0.704. The van der Waals surface area contributed by atoms with Crippen molar-refractivity contribution in [2.24, 2.45) is 0 Å². The Morgan fingerprint density at radius 3 is 2.77 bits per heavy atom. The largest absolute Gasteiger partial charge is 0.457 e. The summed E-state index contributed by atoms with van der Waals surface area (Å²) in [5, 5.41) is 8.93. The van der Waals surface area contributed by atoms with Crippen molar-refractivity contribution < 1.29 is 14.3 Å². The molecule has 0 aromatic heterocycles. The van der Waals surface area contributed by atoms with E-state index in [-0.39, 0.29) is 17.4 Å². The van der Waals surface area contributed by atoms with E-state index in [1.165, 1.54) is 17.1 Å². The Bertz CT molecular complexity index is 645. The zero-order chi connectivity index (χ0) is 16.5. The van der Waals surface area contributed by atoms with Crippen LogP contribution in [0.4, 0.5) is 4.79 Å². The Hall–Kier alpha value is -2.52. The van der Waals surface area contributed by atoms with Gasteiger partial charge in [0.05, 0.1) is 0 Å². The van der Waals surface area contributed by atoms with E-state index in [0.29, 0.717) is 5.56 Å². The Labute approximate surface area is 133 Å². The Kier molecular flexibility index (Phi) is 6.93. The fraction of sp³-hybridized carbons (Fsp3) is 0.188. The van der Waals surface area contributed by atoms with Crippen LogP contribution in [0, 0.1) is 11.3 Å². The number of benzene rings is 1. The molecule has 0 saturated heterocycles. The predicted octanol–water partition coefficient (Wildman–Crippen LogP) is 3.10. The van der Waals surface area contributed by atoms with Gasteiger partial charge in [0, 0.05) is 19.0 Å². The van der Waals surface area contributed by atoms with Gasteiger partial charge in [-0.1, -0.05) is 24.8 Å². The Morgan fingerprint density at radius 2 is 2.18 bits per heavy atom. The molecule has 0 N–H and O–H groups in total. The number of hydrogen-bond donors (Lipinski definition) is 0. The maximum atomic E-state index is 11.7. The summed E-state index contributed by atoms with van der Waals surface area (Å²) >= 11 is 1.07. The average molecular weight is 316 g/mol. The lowest BCUT2D eigenvalue weighted by Gasteiger charge is -2.09. The summed E-state index contributed by atoms with van der Waals surface area (Å²) in [7, 11) is 3.34. The van der Waals surface area contributed by atoms with E-state index in [0.717, 1.165) is 16.7 Å². The molecule has 0 spiro atoms. The molecule has 6 heteroatoms. The molecule has 0 saturated carbocycles. The molecule has 0 unspecified atom stereocenters. The van der Waals surface area contributed by atoms with Gasteiger partial charge >= 0.3 is 5.97 Å². The first-order valence-corrected chi connectivity index (χ1v) is 7.18. The van der Waals surface area contributed by atoms with Crippen LogP contribution in [-0.2, 0) is 9.53 Å². The molecule has 114 valence electrons. The van der Waals surface area contributed by atoms with Gasteiger partial charge in [-0.25, -0.2) is 4.79 Å². The van der Waals surface area contributed by atoms with Crippen LogP contribution in [0.2, 0.25) is 0 Å². The first-order valence-electron chi connectivity index (χ1n) is 6.37. The number of hydrogen-bond acceptors (Lipinski definition) is 5. The lowest BCUT2D eigenvalue weighted by molar-refractivity contribution is -0.137. The summed E-state index contributed by atoms with van der Waals surface area (Å²) in [6.45, 7) is 3.48. The van der Waals surface area contributed by atoms with Gasteiger partial charge in [0.2, 0.25) is 0 Å². The molecule has 0 aliphatic carbocycles. The molecule has 22 heavy (non-hydrogen) atoms. The first kappa shape index (κ1) is 17.5. The zero-order valence-electron chi connectivity index (χ0n) is 12.4. The number of rotatable bonds is 5. The van der Waals surface area contributed by atoms with Crippen molar-refractivity contribution in [2.45, 2.75) is 4.90 Å². The second-order valence-corrected chi connectivity index (χ2v) is 5.42. The first-order chi connectivity index (χ1) is 10.5. The van der Waals surface area contributed by atoms with Crippen molar-refractivity contribution in [3.05, 3.63) is 48.1 Å². The van der Waals surface area contributed by atoms with Crippen molar-refractivity contribution in [3.63, 3.8) is 0 Å². The second-order valence-electron chi connectivity index (χ2n) is 4.39. The molecule has 0 radical (unpaired) electrons. The highest BCUT2D eigenvalue weighted by atomic mass is 32.2. The molecule has 1 aromatic carbocycles. The summed E-state index contributed by atoms with van der Waals surface area (Å²) in [5.41, 5.74) is 0.534. The number of nitrogens with zero attached hydrogens (tertiary/aromatic N) is 2. The van der Waals surface area contributed by atoms with E-state index >= 15 is 0 Å². The summed E-state index contributed by atoms with van der Waals surface area (Å²) in [4.78, 5) is 25.5. The highest BCUT2D eigenvalue weighted by Crippen LogP contribution is 2.22. The van der Waals surface area contributed by atoms with Crippen LogP contribution in [0.5, 0.6) is 0 Å². The van der Waals surface area contributed by atoms with Crippen LogP contribution in [0.1, 0.15) is 5.56 Å². The highest BCUT2D eigenvalue weighted by Gasteiger charge is 2.11. The molecular formula is C16H16N2O3S. The number of carbonyl (C=O) groups is 2. The third-order valence-electron chi connectivity index (χ3n) is 2.41. The summed E-state index contributed by atoms with van der Waals surface area (Å²) < 4.78 is 4.83. The number of thioether (sulfide) groups is 1. The molecular weight excluding hydrogens is 300 g/mol. The van der Waals surface area contributed by atoms with Crippen LogP contribution in [-0.4, -0.2) is 36.8 Å². The molecule has 0 aliphatic rings. The van der Waals surface area contributed by atoms with Gasteiger partial charge in [-0.15, -0.1) is 0 Å². The van der Waals surface area contributed by atoms with Gasteiger partial charge in [-0.3, -0.25) is 4.79 Å². The Balaban J connectivity index is 2.94. The van der Waals surface area contributed by atoms with Gasteiger partial charge in [0.15, 0.2) is 0 Å². The van der Waals surface area contributed by atoms with Gasteiger partial charge in [-0.2, -0.15) is 5.26 Å². The fourth-order valence-electron chi connectivity index (χ4n) is 1.38. The number of esters is 1. The normalized spacial score (nSPS) is 10.5. The molecule has 0 atom stereocenters. The maximum absolute atomic E-state index is 11.7. The number of carbonyl (C=O) groups excluding carboxylic acids is 2. The van der Waals surface area contributed by atoms with Crippen LogP contribution in [0.3, 0.4) is 0 Å². The Morgan fingerprint density at radius 1 is 1.45 bits per heavy atom. The van der Waals surface area contributed by atoms with E-state index < -0.39 is 5.97 Å². The third-order valence-corrected chi connectivity index (χ3v) is 3.44. The SMILES string of the molecule is C=CCOC(=O)/C(C#N)=C\c1cccc(SC(=O)N(C)C)c1. The molecule has 0 fully saturated rings. The lowest BCUT2D eigenvalue weighted by Crippen LogP contribution is -2.15. The van der Waals surface area contributed by atoms with Crippen LogP contribution < -0.4 is 0 Å². The molecule has 1 amide bonds. The molecule has 0 bridgehead atoms. The topological polar surface area (TPSA) is 70.4 Å². The number of nitriles is 1. The average Bonchev–Trinajstić information content (AvgIpc) is 2.50. The molecule has 5 nitrogen and oxygen atoms in total. The van der Waals surface area contributed by atoms with Gasteiger partial charge in [0.1, 0.15) is 18.2 Å². The fourth-order valence-corrected chi connectivity index (χ4v) is 2.10. The van der Waals surface area contributed by atoms with Crippen molar-refractivity contribution >= 4 is 29.0 Å². The van der Waals surface area contributed by atoms with Gasteiger partial charge in [0.25, 0.3) is 5.24 Å². The van der Waals surface area contributed by atoms with Crippen molar-refractivity contribution in [1.82, 2.24) is 4.90 Å². The van der Waals surface area contributed by atoms with Crippen LogP contribution in [0.25, 0.3) is 6.08 Å². The minimum Gasteiger partial charge on any atom is -0.457 e. The zero-order valence-corrected chi connectivity index (χ0v) is 13.2. The minimum absolute atomic E-state index is 0.0467. The van der Waals surface area contributed by atoms with E-state index in [4.69, 9.17) is 10.00 Å². The second kappa shape index (κ2) is 8.70. The van der Waals surface area contributed by atoms with Crippen molar-refractivity contribution in [2.75, 3.05) is 20.7 Å². The summed E-state index contributed by atoms with van der Waals surface area (Å²) in [6.07, 6.45) is 2.85. The maximum Gasteiger partial charge on any atom is 0.349 e. The van der Waals surface area contributed by atoms with Crippen LogP contribution >= 0.6 is 11.8 Å². The van der Waals surface area contributed by atoms with E-state index in [1.807, 2.05) is 6.07 Å².